The summed E-state index contributed by atoms with van der Waals surface area (Å²) in [6, 6.07) is 2.13. The Morgan fingerprint density at radius 3 is 2.80 bits per heavy atom. The topological polar surface area (TPSA) is 87.6 Å². The standard InChI is InChI=1S/C20H23N7OS2/c1-12-6-17(27-8-13(9-27)28-2)23-7-14(12)18-24-15(10-29-18)16-11-30-20(25-16)26-19-21-4-3-5-22-19/h6-7,10-11,13H,3-5,8-9H2,1-2H3,(H2,21,22,25,26). The van der Waals surface area contributed by atoms with Crippen LogP contribution in [-0.2, 0) is 4.74 Å². The second kappa shape index (κ2) is 8.29. The van der Waals surface area contributed by atoms with Crippen LogP contribution in [0, 0.1) is 6.92 Å². The van der Waals surface area contributed by atoms with E-state index in [0.717, 1.165) is 71.5 Å². The van der Waals surface area contributed by atoms with Gasteiger partial charge in [-0.25, -0.2) is 15.0 Å². The first kappa shape index (κ1) is 19.4. The van der Waals surface area contributed by atoms with Gasteiger partial charge in [0.1, 0.15) is 22.2 Å². The molecule has 0 unspecified atom stereocenters. The summed E-state index contributed by atoms with van der Waals surface area (Å²) in [5.74, 6) is 1.79. The lowest BCUT2D eigenvalue weighted by atomic mass is 10.1. The molecule has 5 rings (SSSR count). The third-order valence-corrected chi connectivity index (χ3v) is 6.86. The van der Waals surface area contributed by atoms with Crippen LogP contribution in [0.1, 0.15) is 12.0 Å². The first-order chi connectivity index (χ1) is 14.7. The molecule has 2 aliphatic rings. The number of aryl methyl sites for hydroxylation is 1. The number of guanidine groups is 1. The zero-order valence-electron chi connectivity index (χ0n) is 16.9. The maximum atomic E-state index is 5.35. The maximum Gasteiger partial charge on any atom is 0.197 e. The first-order valence-corrected chi connectivity index (χ1v) is 11.7. The molecule has 30 heavy (non-hydrogen) atoms. The average Bonchev–Trinajstić information content (AvgIpc) is 3.38. The lowest BCUT2D eigenvalue weighted by Gasteiger charge is -2.39. The van der Waals surface area contributed by atoms with Crippen LogP contribution in [0.2, 0.25) is 0 Å². The minimum atomic E-state index is 0.312. The van der Waals surface area contributed by atoms with E-state index < -0.39 is 0 Å². The van der Waals surface area contributed by atoms with Gasteiger partial charge < -0.3 is 20.3 Å². The van der Waals surface area contributed by atoms with E-state index in [1.807, 2.05) is 11.6 Å². The number of hydrogen-bond acceptors (Lipinski definition) is 10. The number of nitrogens with zero attached hydrogens (tertiary/aromatic N) is 5. The lowest BCUT2D eigenvalue weighted by molar-refractivity contribution is 0.0783. The molecule has 0 atom stereocenters. The van der Waals surface area contributed by atoms with Gasteiger partial charge in [-0.2, -0.15) is 0 Å². The molecule has 3 aromatic heterocycles. The fourth-order valence-electron chi connectivity index (χ4n) is 3.39. The number of rotatable bonds is 5. The molecule has 1 fully saturated rings. The highest BCUT2D eigenvalue weighted by Crippen LogP contribution is 2.33. The molecule has 156 valence electrons. The molecule has 0 aliphatic carbocycles. The van der Waals surface area contributed by atoms with Gasteiger partial charge >= 0.3 is 0 Å². The largest absolute Gasteiger partial charge is 0.378 e. The molecule has 0 bridgehead atoms. The van der Waals surface area contributed by atoms with E-state index in [1.54, 1.807) is 29.8 Å². The second-order valence-corrected chi connectivity index (χ2v) is 9.05. The highest BCUT2D eigenvalue weighted by Gasteiger charge is 2.27. The minimum absolute atomic E-state index is 0.312. The van der Waals surface area contributed by atoms with Crippen molar-refractivity contribution >= 4 is 39.6 Å². The minimum Gasteiger partial charge on any atom is -0.378 e. The Labute approximate surface area is 183 Å². The van der Waals surface area contributed by atoms with Crippen molar-refractivity contribution in [2.75, 3.05) is 43.5 Å². The van der Waals surface area contributed by atoms with Crippen molar-refractivity contribution in [1.29, 1.82) is 0 Å². The molecular formula is C20H23N7OS2. The van der Waals surface area contributed by atoms with Crippen molar-refractivity contribution in [3.05, 3.63) is 28.6 Å². The summed E-state index contributed by atoms with van der Waals surface area (Å²) in [7, 11) is 1.76. The normalized spacial score (nSPS) is 16.7. The SMILES string of the molecule is COC1CN(c2cc(C)c(-c3nc(-c4csc(NC5=NCCCN5)n4)cs3)cn2)C1. The van der Waals surface area contributed by atoms with Crippen molar-refractivity contribution in [2.24, 2.45) is 4.99 Å². The predicted molar refractivity (Wildman–Crippen MR) is 123 cm³/mol. The summed E-state index contributed by atoms with van der Waals surface area (Å²) in [5.41, 5.74) is 3.98. The number of nitrogens with one attached hydrogen (secondary N) is 2. The van der Waals surface area contributed by atoms with Gasteiger partial charge in [0.25, 0.3) is 0 Å². The van der Waals surface area contributed by atoms with E-state index in [-0.39, 0.29) is 0 Å². The van der Waals surface area contributed by atoms with Gasteiger partial charge in [-0.05, 0) is 25.0 Å². The van der Waals surface area contributed by atoms with Crippen molar-refractivity contribution in [2.45, 2.75) is 19.4 Å². The van der Waals surface area contributed by atoms with Crippen LogP contribution in [0.25, 0.3) is 22.0 Å². The second-order valence-electron chi connectivity index (χ2n) is 7.33. The lowest BCUT2D eigenvalue weighted by Crippen LogP contribution is -2.52. The van der Waals surface area contributed by atoms with Crippen LogP contribution in [0.5, 0.6) is 0 Å². The number of pyridine rings is 1. The summed E-state index contributed by atoms with van der Waals surface area (Å²) in [6.45, 7) is 5.69. The van der Waals surface area contributed by atoms with E-state index in [1.165, 1.54) is 5.56 Å². The number of anilines is 2. The number of ether oxygens (including phenoxy) is 1. The highest BCUT2D eigenvalue weighted by molar-refractivity contribution is 7.14. The summed E-state index contributed by atoms with van der Waals surface area (Å²) < 4.78 is 5.35. The summed E-state index contributed by atoms with van der Waals surface area (Å²) >= 11 is 3.17. The predicted octanol–water partition coefficient (Wildman–Crippen LogP) is 3.23. The van der Waals surface area contributed by atoms with Gasteiger partial charge in [-0.1, -0.05) is 0 Å². The molecule has 2 N–H and O–H groups in total. The summed E-state index contributed by atoms with van der Waals surface area (Å²) in [5, 5.41) is 12.4. The third-order valence-electron chi connectivity index (χ3n) is 5.23. The van der Waals surface area contributed by atoms with Gasteiger partial charge in [0.2, 0.25) is 0 Å². The van der Waals surface area contributed by atoms with Gasteiger partial charge in [-0.3, -0.25) is 4.99 Å². The number of aromatic nitrogens is 3. The number of aliphatic imine (C=N–C) groups is 1. The van der Waals surface area contributed by atoms with Crippen LogP contribution in [-0.4, -0.2) is 60.3 Å². The quantitative estimate of drug-likeness (QED) is 0.628. The molecule has 10 heteroatoms. The average molecular weight is 442 g/mol. The summed E-state index contributed by atoms with van der Waals surface area (Å²) in [6.07, 6.45) is 3.30. The smallest absolute Gasteiger partial charge is 0.197 e. The Balaban J connectivity index is 1.30. The molecule has 0 radical (unpaired) electrons. The summed E-state index contributed by atoms with van der Waals surface area (Å²) in [4.78, 5) is 20.8. The van der Waals surface area contributed by atoms with E-state index in [0.29, 0.717) is 6.10 Å². The molecule has 2 aliphatic heterocycles. The zero-order chi connectivity index (χ0) is 20.5. The number of methoxy groups -OCH3 is 1. The first-order valence-electron chi connectivity index (χ1n) is 9.91. The van der Waals surface area contributed by atoms with E-state index in [4.69, 9.17) is 9.72 Å². The van der Waals surface area contributed by atoms with Crippen LogP contribution in [0.3, 0.4) is 0 Å². The fourth-order valence-corrected chi connectivity index (χ4v) is 4.99. The Kier molecular flexibility index (Phi) is 5.36. The van der Waals surface area contributed by atoms with Gasteiger partial charge in [0.15, 0.2) is 11.1 Å². The number of thiazole rings is 2. The van der Waals surface area contributed by atoms with E-state index in [9.17, 15) is 0 Å². The van der Waals surface area contributed by atoms with Crippen molar-refractivity contribution < 1.29 is 4.74 Å². The third kappa shape index (κ3) is 3.90. The van der Waals surface area contributed by atoms with Crippen molar-refractivity contribution in [3.63, 3.8) is 0 Å². The Morgan fingerprint density at radius 1 is 1.20 bits per heavy atom. The molecule has 0 saturated carbocycles. The molecule has 0 spiro atoms. The van der Waals surface area contributed by atoms with Crippen LogP contribution < -0.4 is 15.5 Å². The fraction of sp³-hybridized carbons (Fsp3) is 0.400. The Hall–Kier alpha value is -2.56. The molecule has 3 aromatic rings. The monoisotopic (exact) mass is 441 g/mol. The zero-order valence-corrected chi connectivity index (χ0v) is 18.5. The van der Waals surface area contributed by atoms with Gasteiger partial charge in [-0.15, -0.1) is 22.7 Å². The van der Waals surface area contributed by atoms with Crippen LogP contribution >= 0.6 is 22.7 Å². The molecule has 0 amide bonds. The molecule has 8 nitrogen and oxygen atoms in total. The van der Waals surface area contributed by atoms with Gasteiger partial charge in [0.05, 0.1) is 6.10 Å². The molecule has 0 aromatic carbocycles. The number of hydrogen-bond donors (Lipinski definition) is 2. The Morgan fingerprint density at radius 2 is 2.03 bits per heavy atom. The van der Waals surface area contributed by atoms with E-state index >= 15 is 0 Å². The van der Waals surface area contributed by atoms with Gasteiger partial charge in [0, 0.05) is 55.8 Å². The van der Waals surface area contributed by atoms with E-state index in [2.05, 4.69) is 48.9 Å². The van der Waals surface area contributed by atoms with Crippen LogP contribution in [0.4, 0.5) is 10.9 Å². The molecule has 5 heterocycles. The Bertz CT molecular complexity index is 1070. The highest BCUT2D eigenvalue weighted by atomic mass is 32.1. The van der Waals surface area contributed by atoms with Crippen LogP contribution in [0.15, 0.2) is 28.0 Å². The maximum absolute atomic E-state index is 5.35. The molecular weight excluding hydrogens is 418 g/mol. The van der Waals surface area contributed by atoms with Crippen molar-refractivity contribution in [1.82, 2.24) is 20.3 Å². The molecule has 1 saturated heterocycles. The van der Waals surface area contributed by atoms with Crippen molar-refractivity contribution in [3.8, 4) is 22.0 Å².